The number of hydrogen-bond acceptors (Lipinski definition) is 3. The first-order valence-corrected chi connectivity index (χ1v) is 7.31. The van der Waals surface area contributed by atoms with Crippen molar-refractivity contribution in [2.45, 2.75) is 6.92 Å². The first kappa shape index (κ1) is 16.1. The van der Waals surface area contributed by atoms with E-state index >= 15 is 0 Å². The summed E-state index contributed by atoms with van der Waals surface area (Å²) in [5, 5.41) is 0.578. The molecule has 0 saturated heterocycles. The fraction of sp³-hybridized carbons (Fsp3) is 0.167. The van der Waals surface area contributed by atoms with Crippen LogP contribution < -0.4 is 4.74 Å². The normalized spacial score (nSPS) is 11.1. The fourth-order valence-corrected chi connectivity index (χ4v) is 2.31. The van der Waals surface area contributed by atoms with E-state index in [2.05, 4.69) is 0 Å². The van der Waals surface area contributed by atoms with Crippen molar-refractivity contribution in [3.63, 3.8) is 0 Å². The molecule has 0 N–H and O–H groups in total. The average molecular weight is 317 g/mol. The van der Waals surface area contributed by atoms with E-state index < -0.39 is 5.97 Å². The Bertz CT molecular complexity index is 675. The van der Waals surface area contributed by atoms with Gasteiger partial charge < -0.3 is 9.47 Å². The van der Waals surface area contributed by atoms with E-state index in [4.69, 9.17) is 21.1 Å². The summed E-state index contributed by atoms with van der Waals surface area (Å²) < 4.78 is 10.2. The van der Waals surface area contributed by atoms with Gasteiger partial charge in [0.25, 0.3) is 0 Å². The molecule has 0 aliphatic rings. The minimum atomic E-state index is -0.395. The van der Waals surface area contributed by atoms with E-state index in [1.807, 2.05) is 42.5 Å². The highest BCUT2D eigenvalue weighted by Crippen LogP contribution is 2.30. The molecule has 0 fully saturated rings. The summed E-state index contributed by atoms with van der Waals surface area (Å²) in [5.74, 6) is 0.353. The summed E-state index contributed by atoms with van der Waals surface area (Å²) in [7, 11) is 1.61. The lowest BCUT2D eigenvalue weighted by atomic mass is 9.97. The lowest BCUT2D eigenvalue weighted by molar-refractivity contribution is -0.137. The van der Waals surface area contributed by atoms with Crippen LogP contribution in [0.1, 0.15) is 18.1 Å². The van der Waals surface area contributed by atoms with Gasteiger partial charge >= 0.3 is 5.97 Å². The molecule has 2 aromatic carbocycles. The van der Waals surface area contributed by atoms with E-state index in [9.17, 15) is 4.79 Å². The lowest BCUT2D eigenvalue weighted by Gasteiger charge is -2.11. The maximum absolute atomic E-state index is 11.9. The highest BCUT2D eigenvalue weighted by atomic mass is 35.5. The van der Waals surface area contributed by atoms with Gasteiger partial charge in [0.2, 0.25) is 0 Å². The monoisotopic (exact) mass is 316 g/mol. The Morgan fingerprint density at radius 1 is 1.14 bits per heavy atom. The molecule has 0 saturated carbocycles. The minimum Gasteiger partial charge on any atom is -0.497 e. The number of carbonyl (C=O) groups is 1. The molecule has 0 aromatic heterocycles. The van der Waals surface area contributed by atoms with Crippen LogP contribution in [-0.4, -0.2) is 19.7 Å². The van der Waals surface area contributed by atoms with Crippen molar-refractivity contribution in [3.05, 3.63) is 70.8 Å². The number of carbonyl (C=O) groups excluding carboxylic acids is 1. The Labute approximate surface area is 135 Å². The molecule has 114 valence electrons. The van der Waals surface area contributed by atoms with Crippen molar-refractivity contribution in [2.24, 2.45) is 0 Å². The molecular formula is C18H17ClO3. The number of rotatable bonds is 5. The van der Waals surface area contributed by atoms with Crippen molar-refractivity contribution in [3.8, 4) is 5.75 Å². The largest absolute Gasteiger partial charge is 0.497 e. The third-order valence-electron chi connectivity index (χ3n) is 3.11. The minimum absolute atomic E-state index is 0.327. The van der Waals surface area contributed by atoms with Gasteiger partial charge in [-0.05, 0) is 36.3 Å². The molecule has 0 radical (unpaired) electrons. The molecule has 2 rings (SSSR count). The molecule has 4 heteroatoms. The standard InChI is InChI=1S/C18H17ClO3/c1-3-22-18(20)12-16(15-6-4-5-7-17(15)19)13-8-10-14(21-2)11-9-13/h4-12H,3H2,1-2H3. The molecule has 0 bridgehead atoms. The van der Waals surface area contributed by atoms with Gasteiger partial charge in [0.15, 0.2) is 0 Å². The SMILES string of the molecule is CCOC(=O)C=C(c1ccc(OC)cc1)c1ccccc1Cl. The molecule has 0 atom stereocenters. The summed E-state index contributed by atoms with van der Waals surface area (Å²) in [6.07, 6.45) is 1.46. The van der Waals surface area contributed by atoms with Crippen molar-refractivity contribution in [1.82, 2.24) is 0 Å². The van der Waals surface area contributed by atoms with Gasteiger partial charge in [-0.2, -0.15) is 0 Å². The Kier molecular flexibility index (Phi) is 5.61. The van der Waals surface area contributed by atoms with Gasteiger partial charge in [-0.25, -0.2) is 4.79 Å². The van der Waals surface area contributed by atoms with Crippen molar-refractivity contribution < 1.29 is 14.3 Å². The highest BCUT2D eigenvalue weighted by molar-refractivity contribution is 6.32. The van der Waals surface area contributed by atoms with E-state index in [1.165, 1.54) is 6.08 Å². The number of ether oxygens (including phenoxy) is 2. The number of esters is 1. The zero-order valence-electron chi connectivity index (χ0n) is 12.5. The van der Waals surface area contributed by atoms with Crippen LogP contribution in [0.2, 0.25) is 5.02 Å². The van der Waals surface area contributed by atoms with Crippen LogP contribution in [0.5, 0.6) is 5.75 Å². The van der Waals surface area contributed by atoms with Gasteiger partial charge in [0.1, 0.15) is 5.75 Å². The Hall–Kier alpha value is -2.26. The highest BCUT2D eigenvalue weighted by Gasteiger charge is 2.11. The summed E-state index contributed by atoms with van der Waals surface area (Å²) in [4.78, 5) is 11.9. The van der Waals surface area contributed by atoms with E-state index in [1.54, 1.807) is 20.1 Å². The molecule has 0 aliphatic heterocycles. The van der Waals surface area contributed by atoms with Crippen LogP contribution in [0.25, 0.3) is 5.57 Å². The Balaban J connectivity index is 2.50. The van der Waals surface area contributed by atoms with Crippen molar-refractivity contribution >= 4 is 23.1 Å². The summed E-state index contributed by atoms with van der Waals surface area (Å²) in [5.41, 5.74) is 2.36. The topological polar surface area (TPSA) is 35.5 Å². The first-order valence-electron chi connectivity index (χ1n) is 6.93. The molecule has 0 aliphatic carbocycles. The van der Waals surface area contributed by atoms with Crippen LogP contribution in [0.15, 0.2) is 54.6 Å². The second kappa shape index (κ2) is 7.66. The number of hydrogen-bond donors (Lipinski definition) is 0. The summed E-state index contributed by atoms with van der Waals surface area (Å²) in [6, 6.07) is 14.8. The van der Waals surface area contributed by atoms with Gasteiger partial charge in [-0.3, -0.25) is 0 Å². The van der Waals surface area contributed by atoms with Crippen LogP contribution >= 0.6 is 11.6 Å². The molecule has 0 heterocycles. The third kappa shape index (κ3) is 3.89. The molecule has 22 heavy (non-hydrogen) atoms. The molecular weight excluding hydrogens is 300 g/mol. The van der Waals surface area contributed by atoms with E-state index in [0.717, 1.165) is 16.9 Å². The van der Waals surface area contributed by atoms with Crippen LogP contribution in [0.4, 0.5) is 0 Å². The third-order valence-corrected chi connectivity index (χ3v) is 3.44. The second-order valence-electron chi connectivity index (χ2n) is 4.52. The Morgan fingerprint density at radius 2 is 1.82 bits per heavy atom. The van der Waals surface area contributed by atoms with Crippen LogP contribution in [-0.2, 0) is 9.53 Å². The lowest BCUT2D eigenvalue weighted by Crippen LogP contribution is -2.02. The van der Waals surface area contributed by atoms with Gasteiger partial charge in [0, 0.05) is 16.7 Å². The van der Waals surface area contributed by atoms with Gasteiger partial charge in [0.05, 0.1) is 13.7 Å². The number of halogens is 1. The second-order valence-corrected chi connectivity index (χ2v) is 4.93. The molecule has 0 unspecified atom stereocenters. The van der Waals surface area contributed by atoms with Crippen molar-refractivity contribution in [1.29, 1.82) is 0 Å². The Morgan fingerprint density at radius 3 is 2.41 bits per heavy atom. The summed E-state index contributed by atoms with van der Waals surface area (Å²) >= 11 is 6.27. The number of methoxy groups -OCH3 is 1. The van der Waals surface area contributed by atoms with Crippen LogP contribution in [0, 0.1) is 0 Å². The molecule has 0 spiro atoms. The zero-order valence-corrected chi connectivity index (χ0v) is 13.3. The zero-order chi connectivity index (χ0) is 15.9. The average Bonchev–Trinajstić information content (AvgIpc) is 2.54. The van der Waals surface area contributed by atoms with E-state index in [-0.39, 0.29) is 0 Å². The molecule has 2 aromatic rings. The molecule has 3 nitrogen and oxygen atoms in total. The maximum Gasteiger partial charge on any atom is 0.331 e. The van der Waals surface area contributed by atoms with Crippen LogP contribution in [0.3, 0.4) is 0 Å². The van der Waals surface area contributed by atoms with Gasteiger partial charge in [-0.15, -0.1) is 0 Å². The van der Waals surface area contributed by atoms with Gasteiger partial charge in [-0.1, -0.05) is 41.9 Å². The first-order chi connectivity index (χ1) is 10.7. The quantitative estimate of drug-likeness (QED) is 0.608. The predicted octanol–water partition coefficient (Wildman–Crippen LogP) is 4.34. The summed E-state index contributed by atoms with van der Waals surface area (Å²) in [6.45, 7) is 2.10. The predicted molar refractivity (Wildman–Crippen MR) is 88.2 cm³/mol. The smallest absolute Gasteiger partial charge is 0.331 e. The van der Waals surface area contributed by atoms with Crippen molar-refractivity contribution in [2.75, 3.05) is 13.7 Å². The fourth-order valence-electron chi connectivity index (χ4n) is 2.07. The van der Waals surface area contributed by atoms with E-state index in [0.29, 0.717) is 17.2 Å². The number of benzene rings is 2. The molecule has 0 amide bonds. The maximum atomic E-state index is 11.9.